The summed E-state index contributed by atoms with van der Waals surface area (Å²) < 4.78 is 35.4. The Balaban J connectivity index is 1.38. The van der Waals surface area contributed by atoms with Gasteiger partial charge in [0.05, 0.1) is 7.11 Å². The summed E-state index contributed by atoms with van der Waals surface area (Å²) in [5, 5.41) is 0. The van der Waals surface area contributed by atoms with E-state index in [2.05, 4.69) is 0 Å². The topological polar surface area (TPSA) is 57.2 Å². The third kappa shape index (κ3) is 3.82. The Morgan fingerprint density at radius 1 is 0.969 bits per heavy atom. The fourth-order valence-corrected chi connectivity index (χ4v) is 4.03. The summed E-state index contributed by atoms with van der Waals surface area (Å²) in [6, 6.07) is 18.9. The van der Waals surface area contributed by atoms with Crippen molar-refractivity contribution in [1.29, 1.82) is 0 Å². The molecule has 1 amide bonds. The van der Waals surface area contributed by atoms with Gasteiger partial charge in [0.1, 0.15) is 23.4 Å². The number of rotatable bonds is 7. The number of carbonyl (C=O) groups is 1. The summed E-state index contributed by atoms with van der Waals surface area (Å²) in [5.74, 6) is 2.28. The summed E-state index contributed by atoms with van der Waals surface area (Å²) in [6.07, 6.45) is -0.0421. The maximum Gasteiger partial charge on any atom is 0.266 e. The van der Waals surface area contributed by atoms with Crippen LogP contribution in [0.5, 0.6) is 23.0 Å². The van der Waals surface area contributed by atoms with E-state index >= 15 is 0 Å². The van der Waals surface area contributed by atoms with Crippen LogP contribution in [0.4, 0.5) is 4.39 Å². The number of hydrogen-bond donors (Lipinski definition) is 0. The highest BCUT2D eigenvalue weighted by atomic mass is 19.1. The number of ether oxygens (including phenoxy) is 4. The second-order valence-electron chi connectivity index (χ2n) is 7.68. The van der Waals surface area contributed by atoms with Crippen LogP contribution < -0.4 is 18.9 Å². The van der Waals surface area contributed by atoms with Gasteiger partial charge in [-0.25, -0.2) is 4.39 Å². The third-order valence-corrected chi connectivity index (χ3v) is 5.76. The molecule has 0 aliphatic carbocycles. The molecule has 1 fully saturated rings. The largest absolute Gasteiger partial charge is 0.497 e. The molecule has 0 N–H and O–H groups in total. The number of halogens is 1. The molecule has 0 radical (unpaired) electrons. The Morgan fingerprint density at radius 3 is 2.44 bits per heavy atom. The van der Waals surface area contributed by atoms with E-state index in [1.165, 1.54) is 12.1 Å². The van der Waals surface area contributed by atoms with E-state index in [4.69, 9.17) is 18.9 Å². The lowest BCUT2D eigenvalue weighted by Crippen LogP contribution is -2.61. The van der Waals surface area contributed by atoms with Gasteiger partial charge in [0.25, 0.3) is 5.91 Å². The van der Waals surface area contributed by atoms with Crippen molar-refractivity contribution in [2.45, 2.75) is 18.6 Å². The number of nitrogens with zero attached hydrogens (tertiary/aromatic N) is 1. The number of benzene rings is 3. The Hall–Kier alpha value is -3.74. The van der Waals surface area contributed by atoms with Crippen molar-refractivity contribution in [2.24, 2.45) is 0 Å². The molecule has 2 aliphatic rings. The minimum atomic E-state index is -0.656. The Bertz CT molecular complexity index is 1120. The van der Waals surface area contributed by atoms with E-state index in [1.54, 1.807) is 48.4 Å². The number of amides is 1. The van der Waals surface area contributed by atoms with E-state index < -0.39 is 6.10 Å². The molecule has 6 nitrogen and oxygen atoms in total. The highest BCUT2D eigenvalue weighted by Crippen LogP contribution is 2.42. The number of likely N-dealkylation sites (tertiary alicyclic amines) is 1. The van der Waals surface area contributed by atoms with E-state index in [1.807, 2.05) is 18.2 Å². The van der Waals surface area contributed by atoms with Crippen LogP contribution in [0.1, 0.15) is 17.2 Å². The van der Waals surface area contributed by atoms with Gasteiger partial charge in [0.2, 0.25) is 12.9 Å². The summed E-state index contributed by atoms with van der Waals surface area (Å²) in [5.41, 5.74) is 1.87. The molecule has 164 valence electrons. The van der Waals surface area contributed by atoms with Crippen LogP contribution in [-0.2, 0) is 11.2 Å². The maximum atomic E-state index is 13.2. The molecule has 0 saturated carbocycles. The SMILES string of the molecule is COc1ccc(O[C@@H]2C(=O)N(CCc3ccc(F)cc3)[C@@H]2c2ccc3c(c2)OCO3)cc1. The van der Waals surface area contributed by atoms with Crippen molar-refractivity contribution < 1.29 is 28.1 Å². The summed E-state index contributed by atoms with van der Waals surface area (Å²) in [7, 11) is 1.60. The van der Waals surface area contributed by atoms with E-state index in [-0.39, 0.29) is 24.6 Å². The van der Waals surface area contributed by atoms with E-state index in [0.717, 1.165) is 11.1 Å². The second kappa shape index (κ2) is 8.42. The van der Waals surface area contributed by atoms with Crippen molar-refractivity contribution in [2.75, 3.05) is 20.4 Å². The summed E-state index contributed by atoms with van der Waals surface area (Å²) >= 11 is 0. The van der Waals surface area contributed by atoms with Crippen molar-refractivity contribution in [1.82, 2.24) is 4.90 Å². The second-order valence-corrected chi connectivity index (χ2v) is 7.68. The molecule has 2 aliphatic heterocycles. The van der Waals surface area contributed by atoms with Crippen molar-refractivity contribution in [3.8, 4) is 23.0 Å². The van der Waals surface area contributed by atoms with Crippen molar-refractivity contribution in [3.05, 3.63) is 83.7 Å². The van der Waals surface area contributed by atoms with Gasteiger partial charge >= 0.3 is 0 Å². The first-order valence-corrected chi connectivity index (χ1v) is 10.4. The van der Waals surface area contributed by atoms with Crippen LogP contribution in [0.3, 0.4) is 0 Å². The zero-order valence-corrected chi connectivity index (χ0v) is 17.5. The van der Waals surface area contributed by atoms with Gasteiger partial charge in [-0.2, -0.15) is 0 Å². The fourth-order valence-electron chi connectivity index (χ4n) is 4.03. The van der Waals surface area contributed by atoms with Gasteiger partial charge < -0.3 is 23.8 Å². The highest BCUT2D eigenvalue weighted by Gasteiger charge is 2.50. The summed E-state index contributed by atoms with van der Waals surface area (Å²) in [6.45, 7) is 0.675. The zero-order valence-electron chi connectivity index (χ0n) is 17.5. The fraction of sp³-hybridized carbons (Fsp3) is 0.240. The van der Waals surface area contributed by atoms with Crippen molar-refractivity contribution >= 4 is 5.91 Å². The van der Waals surface area contributed by atoms with Crippen LogP contribution in [-0.4, -0.2) is 37.4 Å². The number of β-lactam (4-membered cyclic amide) rings is 1. The maximum absolute atomic E-state index is 13.2. The Morgan fingerprint density at radius 2 is 1.69 bits per heavy atom. The monoisotopic (exact) mass is 435 g/mol. The Kier molecular flexibility index (Phi) is 5.31. The van der Waals surface area contributed by atoms with Gasteiger partial charge in [-0.3, -0.25) is 4.79 Å². The van der Waals surface area contributed by atoms with Gasteiger partial charge in [0, 0.05) is 6.54 Å². The van der Waals surface area contributed by atoms with Gasteiger partial charge in [-0.15, -0.1) is 0 Å². The molecular weight excluding hydrogens is 413 g/mol. The average Bonchev–Trinajstić information content (AvgIpc) is 3.29. The highest BCUT2D eigenvalue weighted by molar-refractivity contribution is 5.89. The van der Waals surface area contributed by atoms with Gasteiger partial charge in [0.15, 0.2) is 11.5 Å². The van der Waals surface area contributed by atoms with Crippen LogP contribution in [0.15, 0.2) is 66.7 Å². The predicted octanol–water partition coefficient (Wildman–Crippen LogP) is 4.14. The van der Waals surface area contributed by atoms with Crippen LogP contribution in [0.25, 0.3) is 0 Å². The molecule has 0 spiro atoms. The van der Waals surface area contributed by atoms with Crippen molar-refractivity contribution in [3.63, 3.8) is 0 Å². The molecule has 32 heavy (non-hydrogen) atoms. The lowest BCUT2D eigenvalue weighted by molar-refractivity contribution is -0.164. The predicted molar refractivity (Wildman–Crippen MR) is 115 cm³/mol. The first kappa shape index (κ1) is 20.2. The molecule has 3 aromatic carbocycles. The quantitative estimate of drug-likeness (QED) is 0.522. The third-order valence-electron chi connectivity index (χ3n) is 5.76. The first-order valence-electron chi connectivity index (χ1n) is 10.4. The molecule has 1 saturated heterocycles. The van der Waals surface area contributed by atoms with Gasteiger partial charge in [-0.05, 0) is 66.1 Å². The molecule has 0 bridgehead atoms. The average molecular weight is 435 g/mol. The molecule has 0 unspecified atom stereocenters. The molecule has 0 aromatic heterocycles. The standard InChI is InChI=1S/C25H22FNO5/c1-29-19-7-9-20(10-8-19)32-24-23(17-4-11-21-22(14-17)31-15-30-21)27(25(24)28)13-12-16-2-5-18(26)6-3-16/h2-11,14,23-24H,12-13,15H2,1H3/t23-,24+/m1/s1. The zero-order chi connectivity index (χ0) is 22.1. The molecule has 2 atom stereocenters. The molecule has 2 heterocycles. The first-order chi connectivity index (χ1) is 15.6. The lowest BCUT2D eigenvalue weighted by Gasteiger charge is -2.47. The molecular formula is C25H22FNO5. The van der Waals surface area contributed by atoms with E-state index in [9.17, 15) is 9.18 Å². The normalized spacial score (nSPS) is 18.9. The minimum absolute atomic E-state index is 0.0920. The molecule has 3 aromatic rings. The lowest BCUT2D eigenvalue weighted by atomic mass is 9.89. The number of methoxy groups -OCH3 is 1. The van der Waals surface area contributed by atoms with E-state index in [0.29, 0.717) is 36.0 Å². The van der Waals surface area contributed by atoms with Crippen LogP contribution in [0.2, 0.25) is 0 Å². The summed E-state index contributed by atoms with van der Waals surface area (Å²) in [4.78, 5) is 14.8. The van der Waals surface area contributed by atoms with Crippen LogP contribution >= 0.6 is 0 Å². The number of fused-ring (bicyclic) bond motifs is 1. The Labute approximate surface area is 185 Å². The number of carbonyl (C=O) groups excluding carboxylic acids is 1. The number of hydrogen-bond acceptors (Lipinski definition) is 5. The van der Waals surface area contributed by atoms with Crippen LogP contribution in [0, 0.1) is 5.82 Å². The molecule has 7 heteroatoms. The van der Waals surface area contributed by atoms with Gasteiger partial charge in [-0.1, -0.05) is 18.2 Å². The smallest absolute Gasteiger partial charge is 0.266 e. The molecule has 5 rings (SSSR count). The minimum Gasteiger partial charge on any atom is -0.497 e.